The van der Waals surface area contributed by atoms with Gasteiger partial charge in [0.25, 0.3) is 0 Å². The van der Waals surface area contributed by atoms with Gasteiger partial charge in [-0.25, -0.2) is 35.9 Å². The van der Waals surface area contributed by atoms with Crippen LogP contribution < -0.4 is 40.2 Å². The third-order valence-electron chi connectivity index (χ3n) is 14.9. The number of ether oxygens (including phenoxy) is 6. The van der Waals surface area contributed by atoms with Crippen LogP contribution in [0.3, 0.4) is 0 Å². The second kappa shape index (κ2) is 31.7. The number of likely N-dealkylation sites (tertiary alicyclic amines) is 2. The molecule has 4 aromatic rings. The maximum Gasteiger partial charge on any atom is 0.314 e. The molecule has 0 aromatic heterocycles. The van der Waals surface area contributed by atoms with E-state index in [2.05, 4.69) is 76.9 Å². The van der Waals surface area contributed by atoms with Crippen LogP contribution in [0, 0.1) is 0 Å². The Morgan fingerprint density at radius 3 is 1.16 bits per heavy atom. The lowest BCUT2D eigenvalue weighted by Crippen LogP contribution is -2.43. The summed E-state index contributed by atoms with van der Waals surface area (Å²) in [5.74, 6) is 1.27. The summed E-state index contributed by atoms with van der Waals surface area (Å²) >= 11 is 0. The average Bonchev–Trinajstić information content (AvgIpc) is 4.14. The van der Waals surface area contributed by atoms with Crippen LogP contribution in [0.1, 0.15) is 85.8 Å². The highest BCUT2D eigenvalue weighted by molar-refractivity contribution is 7.89. The number of hydrogen-bond acceptors (Lipinski definition) is 14. The van der Waals surface area contributed by atoms with Gasteiger partial charge in [0.15, 0.2) is 0 Å². The monoisotopic (exact) mass is 1150 g/mol. The molecular formula is C58H82N8O12S2. The van der Waals surface area contributed by atoms with Crippen molar-refractivity contribution in [3.8, 4) is 11.5 Å². The van der Waals surface area contributed by atoms with E-state index in [9.17, 15) is 26.4 Å². The van der Waals surface area contributed by atoms with Gasteiger partial charge in [0.2, 0.25) is 20.0 Å². The van der Waals surface area contributed by atoms with E-state index in [4.69, 9.17) is 28.4 Å². The molecule has 0 bridgehead atoms. The lowest BCUT2D eigenvalue weighted by Gasteiger charge is -2.35. The normalized spacial score (nSPS) is 19.4. The number of nitrogens with one attached hydrogen (secondary N) is 6. The van der Waals surface area contributed by atoms with Crippen molar-refractivity contribution in [3.63, 3.8) is 0 Å². The number of sulfonamides is 2. The minimum Gasteiger partial charge on any atom is -0.484 e. The minimum absolute atomic E-state index is 0.0990. The van der Waals surface area contributed by atoms with Gasteiger partial charge >= 0.3 is 12.1 Å². The molecule has 22 heteroatoms. The van der Waals surface area contributed by atoms with Gasteiger partial charge < -0.3 is 49.7 Å². The van der Waals surface area contributed by atoms with Gasteiger partial charge in [-0.05, 0) is 148 Å². The Bertz CT molecular complexity index is 2560. The van der Waals surface area contributed by atoms with E-state index < -0.39 is 20.0 Å². The van der Waals surface area contributed by atoms with Crippen molar-refractivity contribution >= 4 is 32.1 Å². The largest absolute Gasteiger partial charge is 0.484 e. The molecule has 0 unspecified atom stereocenters. The van der Waals surface area contributed by atoms with Crippen LogP contribution in [-0.4, -0.2) is 169 Å². The molecule has 80 heavy (non-hydrogen) atoms. The number of hydrogen-bond donors (Lipinski definition) is 6. The van der Waals surface area contributed by atoms with Crippen LogP contribution in [0.5, 0.6) is 11.5 Å². The predicted octanol–water partition coefficient (Wildman–Crippen LogP) is 5.45. The second-order valence-corrected chi connectivity index (χ2v) is 24.0. The van der Waals surface area contributed by atoms with E-state index in [1.54, 1.807) is 48.5 Å². The summed E-state index contributed by atoms with van der Waals surface area (Å²) in [6.45, 7) is 7.94. The first-order chi connectivity index (χ1) is 39.0. The number of nitrogens with zero attached hydrogens (tertiary/aromatic N) is 2. The zero-order valence-electron chi connectivity index (χ0n) is 46.0. The quantitative estimate of drug-likeness (QED) is 0.0326. The molecule has 2 heterocycles. The second-order valence-electron chi connectivity index (χ2n) is 20.5. The van der Waals surface area contributed by atoms with Crippen LogP contribution in [0.2, 0.25) is 0 Å². The first-order valence-corrected chi connectivity index (χ1v) is 31.5. The molecular weight excluding hydrogens is 1060 g/mol. The Labute approximate surface area is 472 Å². The zero-order valence-corrected chi connectivity index (χ0v) is 47.6. The van der Waals surface area contributed by atoms with Crippen molar-refractivity contribution in [1.29, 1.82) is 0 Å². The van der Waals surface area contributed by atoms with Gasteiger partial charge in [-0.15, -0.1) is 0 Å². The van der Waals surface area contributed by atoms with Gasteiger partial charge in [-0.3, -0.25) is 9.80 Å². The van der Waals surface area contributed by atoms with Crippen molar-refractivity contribution in [2.45, 2.75) is 98.3 Å². The number of carbonyl (C=O) groups is 2. The molecule has 2 saturated heterocycles. The SMILES string of the molecule is O=C(NCCCCNC(=O)NCCOCCOCCNS(=O)(=O)c1ccc(O[C@H]2c3ccccc3C[C@@H]2N2CCCCC2)cc1)NCCOCCOCCNS(=O)(=O)c1ccc(O[C@H]2c3ccccc3C[C@@H]2N2CCCCC2)cc1. The van der Waals surface area contributed by atoms with Crippen molar-refractivity contribution in [2.75, 3.05) is 118 Å². The summed E-state index contributed by atoms with van der Waals surface area (Å²) in [7, 11) is -7.48. The van der Waals surface area contributed by atoms with E-state index >= 15 is 0 Å². The maximum atomic E-state index is 13.0. The highest BCUT2D eigenvalue weighted by Gasteiger charge is 2.40. The number of piperidine rings is 2. The first-order valence-electron chi connectivity index (χ1n) is 28.5. The van der Waals surface area contributed by atoms with Gasteiger partial charge in [0.05, 0.1) is 74.7 Å². The molecule has 2 aliphatic heterocycles. The van der Waals surface area contributed by atoms with Crippen molar-refractivity contribution in [2.24, 2.45) is 0 Å². The average molecular weight is 1150 g/mol. The maximum absolute atomic E-state index is 13.0. The number of rotatable bonds is 33. The van der Waals surface area contributed by atoms with Gasteiger partial charge in [-0.1, -0.05) is 61.4 Å². The molecule has 0 spiro atoms. The molecule has 4 amide bonds. The van der Waals surface area contributed by atoms with E-state index in [0.717, 1.165) is 39.0 Å². The lowest BCUT2D eigenvalue weighted by atomic mass is 10.0. The Hall–Kier alpha value is -5.40. The lowest BCUT2D eigenvalue weighted by molar-refractivity contribution is 0.0516. The molecule has 4 aliphatic rings. The fourth-order valence-electron chi connectivity index (χ4n) is 10.7. The van der Waals surface area contributed by atoms with Gasteiger partial charge in [-0.2, -0.15) is 0 Å². The van der Waals surface area contributed by atoms with E-state index in [1.165, 1.54) is 60.8 Å². The van der Waals surface area contributed by atoms with Gasteiger partial charge in [0, 0.05) is 39.3 Å². The third kappa shape index (κ3) is 18.6. The Morgan fingerprint density at radius 2 is 0.775 bits per heavy atom. The highest BCUT2D eigenvalue weighted by atomic mass is 32.2. The summed E-state index contributed by atoms with van der Waals surface area (Å²) in [6.07, 6.45) is 10.3. The number of unbranched alkanes of at least 4 members (excludes halogenated alkanes) is 1. The number of urea groups is 2. The van der Waals surface area contributed by atoms with E-state index in [1.807, 2.05) is 12.1 Å². The summed E-state index contributed by atoms with van der Waals surface area (Å²) < 4.78 is 92.2. The Balaban J connectivity index is 0.565. The highest BCUT2D eigenvalue weighted by Crippen LogP contribution is 2.40. The molecule has 0 radical (unpaired) electrons. The summed E-state index contributed by atoms with van der Waals surface area (Å²) in [5.41, 5.74) is 5.02. The molecule has 4 aromatic carbocycles. The number of benzene rings is 4. The molecule has 2 fully saturated rings. The number of amides is 4. The topological polar surface area (TPSA) is 236 Å². The molecule has 2 aliphatic carbocycles. The zero-order chi connectivity index (χ0) is 55.8. The number of fused-ring (bicyclic) bond motifs is 2. The van der Waals surface area contributed by atoms with Crippen molar-refractivity contribution < 1.29 is 54.8 Å². The smallest absolute Gasteiger partial charge is 0.314 e. The van der Waals surface area contributed by atoms with Crippen LogP contribution in [0.25, 0.3) is 0 Å². The standard InChI is InChI=1S/C58H82N8O12S2/c67-57(61-27-35-73-39-41-75-37-29-63-79(69,70)49-21-17-47(18-22-49)77-55-51-15-5-3-13-45(51)43-53(55)65-31-9-1-10-32-65)59-25-7-8-26-60-58(68)62-28-36-74-40-42-76-38-30-64-80(71,72)50-23-19-48(20-24-50)78-56-52-16-6-4-14-46(52)44-54(56)66-33-11-2-12-34-66/h3-6,13-24,53-56,63-64H,1-2,7-12,25-44H2,(H2,59,61,67)(H2,60,62,68)/t53-,54-,55-,56-/m0/s1. The fourth-order valence-corrected chi connectivity index (χ4v) is 12.8. The number of carbonyl (C=O) groups excluding carboxylic acids is 2. The van der Waals surface area contributed by atoms with E-state index in [-0.39, 0.29) is 112 Å². The molecule has 0 saturated carbocycles. The molecule has 20 nitrogen and oxygen atoms in total. The minimum atomic E-state index is -3.74. The van der Waals surface area contributed by atoms with Crippen LogP contribution >= 0.6 is 0 Å². The van der Waals surface area contributed by atoms with Gasteiger partial charge in [0.1, 0.15) is 23.7 Å². The Kier molecular flexibility index (Phi) is 24.1. The van der Waals surface area contributed by atoms with Crippen LogP contribution in [0.4, 0.5) is 9.59 Å². The summed E-state index contributed by atoms with van der Waals surface area (Å²) in [6, 6.07) is 29.9. The predicted molar refractivity (Wildman–Crippen MR) is 304 cm³/mol. The molecule has 6 N–H and O–H groups in total. The van der Waals surface area contributed by atoms with Crippen molar-refractivity contribution in [3.05, 3.63) is 119 Å². The molecule has 8 rings (SSSR count). The Morgan fingerprint density at radius 1 is 0.425 bits per heavy atom. The molecule has 438 valence electrons. The van der Waals surface area contributed by atoms with Crippen LogP contribution in [-0.2, 0) is 51.8 Å². The summed E-state index contributed by atoms with van der Waals surface area (Å²) in [4.78, 5) is 29.6. The third-order valence-corrected chi connectivity index (χ3v) is 17.8. The first kappa shape index (κ1) is 60.7. The van der Waals surface area contributed by atoms with E-state index in [0.29, 0.717) is 50.5 Å². The van der Waals surface area contributed by atoms with Crippen LogP contribution in [0.15, 0.2) is 107 Å². The van der Waals surface area contributed by atoms with Crippen molar-refractivity contribution in [1.82, 2.24) is 40.5 Å². The summed E-state index contributed by atoms with van der Waals surface area (Å²) in [5, 5.41) is 11.0. The molecule has 4 atom stereocenters. The fraction of sp³-hybridized carbons (Fsp3) is 0.552.